The van der Waals surface area contributed by atoms with Crippen LogP contribution in [0.3, 0.4) is 0 Å². The first-order chi connectivity index (χ1) is 21.3. The minimum Gasteiger partial charge on any atom is -0.135 e. The molecule has 1 aromatic heterocycles. The van der Waals surface area contributed by atoms with Crippen LogP contribution in [0.25, 0.3) is 75.1 Å². The van der Waals surface area contributed by atoms with Gasteiger partial charge in [-0.15, -0.1) is 11.3 Å². The molecule has 10 rings (SSSR count). The van der Waals surface area contributed by atoms with Gasteiger partial charge in [0.25, 0.3) is 0 Å². The minimum absolute atomic E-state index is 1.20. The third kappa shape index (κ3) is 3.43. The first kappa shape index (κ1) is 23.8. The van der Waals surface area contributed by atoms with Gasteiger partial charge in [0, 0.05) is 20.2 Å². The van der Waals surface area contributed by atoms with Crippen LogP contribution in [0.5, 0.6) is 0 Å². The molecule has 0 nitrogen and oxygen atoms in total. The van der Waals surface area contributed by atoms with Crippen LogP contribution in [0.4, 0.5) is 0 Å². The van der Waals surface area contributed by atoms with Gasteiger partial charge in [-0.2, -0.15) is 0 Å². The quantitative estimate of drug-likeness (QED) is 0.187. The summed E-state index contributed by atoms with van der Waals surface area (Å²) in [6.07, 6.45) is 4.85. The van der Waals surface area contributed by atoms with Gasteiger partial charge in [-0.25, -0.2) is 0 Å². The molecule has 1 heteroatoms. The van der Waals surface area contributed by atoms with Gasteiger partial charge in [-0.3, -0.25) is 0 Å². The Bertz CT molecular complexity index is 2380. The fourth-order valence-corrected chi connectivity index (χ4v) is 8.85. The van der Waals surface area contributed by atoms with E-state index in [-0.39, 0.29) is 0 Å². The average Bonchev–Trinajstić information content (AvgIpc) is 3.39. The van der Waals surface area contributed by atoms with Gasteiger partial charge in [0.2, 0.25) is 0 Å². The summed E-state index contributed by atoms with van der Waals surface area (Å²) >= 11 is 1.93. The highest BCUT2D eigenvalue weighted by molar-refractivity contribution is 7.26. The number of aryl methyl sites for hydroxylation is 4. The Morgan fingerprint density at radius 2 is 0.930 bits per heavy atom. The van der Waals surface area contributed by atoms with E-state index in [0.717, 1.165) is 0 Å². The van der Waals surface area contributed by atoms with Crippen molar-refractivity contribution in [1.82, 2.24) is 0 Å². The van der Waals surface area contributed by atoms with E-state index < -0.39 is 0 Å². The largest absolute Gasteiger partial charge is 0.135 e. The Morgan fingerprint density at radius 3 is 1.56 bits per heavy atom. The van der Waals surface area contributed by atoms with E-state index in [1.165, 1.54) is 123 Å². The molecule has 7 aromatic carbocycles. The Morgan fingerprint density at radius 1 is 0.372 bits per heavy atom. The highest BCUT2D eigenvalue weighted by Crippen LogP contribution is 2.46. The van der Waals surface area contributed by atoms with Crippen molar-refractivity contribution < 1.29 is 0 Å². The van der Waals surface area contributed by atoms with Crippen molar-refractivity contribution >= 4 is 53.1 Å². The zero-order valence-electron chi connectivity index (χ0n) is 23.8. The SMILES string of the molecule is c1cc(-c2ccc(-c3c4ccccc4c(-c4ccc5c(c4)CC5)c4ccccc34)cc2)c2c(c1)sc1cc3c(cc12)CC3. The molecule has 0 saturated heterocycles. The molecule has 202 valence electrons. The summed E-state index contributed by atoms with van der Waals surface area (Å²) < 4.78 is 2.80. The molecule has 2 aliphatic carbocycles. The van der Waals surface area contributed by atoms with Gasteiger partial charge in [-0.05, 0) is 121 Å². The van der Waals surface area contributed by atoms with Crippen LogP contribution in [0, 0.1) is 0 Å². The summed E-state index contributed by atoms with van der Waals surface area (Å²) in [5.41, 5.74) is 14.0. The van der Waals surface area contributed by atoms with E-state index >= 15 is 0 Å². The van der Waals surface area contributed by atoms with E-state index in [1.54, 1.807) is 0 Å². The Labute approximate surface area is 254 Å². The fourth-order valence-electron chi connectivity index (χ4n) is 7.68. The van der Waals surface area contributed by atoms with Crippen molar-refractivity contribution in [3.05, 3.63) is 144 Å². The molecule has 0 atom stereocenters. The number of thiophene rings is 1. The molecule has 2 aliphatic rings. The summed E-state index contributed by atoms with van der Waals surface area (Å²) in [5, 5.41) is 8.10. The fraction of sp³-hybridized carbons (Fsp3) is 0.0952. The molecule has 0 unspecified atom stereocenters. The number of rotatable bonds is 3. The first-order valence-corrected chi connectivity index (χ1v) is 16.3. The molecule has 8 aromatic rings. The third-order valence-corrected chi connectivity index (χ3v) is 11.2. The lowest BCUT2D eigenvalue weighted by molar-refractivity contribution is 0.840. The van der Waals surface area contributed by atoms with Crippen LogP contribution in [0.2, 0.25) is 0 Å². The van der Waals surface area contributed by atoms with Crippen LogP contribution in [-0.2, 0) is 25.7 Å². The predicted octanol–water partition coefficient (Wildman–Crippen LogP) is 11.6. The standard InChI is InChI=1S/C42H28S/c1-3-8-35-33(6-1)40(34-7-2-4-9-36(34)41(35)31-21-13-25-12-18-28(25)22-31)27-16-14-26(15-17-27)32-10-5-11-38-42(32)37-23-29-19-20-30(29)24-39(37)43-38/h1-11,13-17,21-24H,12,18-20H2. The zero-order valence-corrected chi connectivity index (χ0v) is 24.6. The van der Waals surface area contributed by atoms with Gasteiger partial charge in [0.05, 0.1) is 0 Å². The number of hydrogen-bond acceptors (Lipinski definition) is 1. The number of benzene rings is 7. The van der Waals surface area contributed by atoms with Gasteiger partial charge >= 0.3 is 0 Å². The first-order valence-electron chi connectivity index (χ1n) is 15.4. The molecule has 0 bridgehead atoms. The van der Waals surface area contributed by atoms with Crippen molar-refractivity contribution in [3.63, 3.8) is 0 Å². The summed E-state index contributed by atoms with van der Waals surface area (Å²) in [7, 11) is 0. The number of hydrogen-bond donors (Lipinski definition) is 0. The molecule has 0 fully saturated rings. The second-order valence-electron chi connectivity index (χ2n) is 12.3. The maximum absolute atomic E-state index is 2.46. The van der Waals surface area contributed by atoms with E-state index in [4.69, 9.17) is 0 Å². The maximum Gasteiger partial charge on any atom is 0.0361 e. The van der Waals surface area contributed by atoms with Crippen LogP contribution >= 0.6 is 11.3 Å². The molecule has 0 spiro atoms. The highest BCUT2D eigenvalue weighted by atomic mass is 32.1. The Balaban J connectivity index is 1.17. The molecular weight excluding hydrogens is 537 g/mol. The molecule has 0 aliphatic heterocycles. The highest BCUT2D eigenvalue weighted by Gasteiger charge is 2.20. The average molecular weight is 565 g/mol. The second kappa shape index (κ2) is 8.89. The third-order valence-electron chi connectivity index (χ3n) is 10.1. The molecule has 0 radical (unpaired) electrons. The lowest BCUT2D eigenvalue weighted by Crippen LogP contribution is -2.07. The predicted molar refractivity (Wildman–Crippen MR) is 185 cm³/mol. The van der Waals surface area contributed by atoms with Crippen molar-refractivity contribution in [2.24, 2.45) is 0 Å². The normalized spacial score (nSPS) is 13.7. The van der Waals surface area contributed by atoms with Gasteiger partial charge < -0.3 is 0 Å². The van der Waals surface area contributed by atoms with Gasteiger partial charge in [-0.1, -0.05) is 103 Å². The van der Waals surface area contributed by atoms with Crippen molar-refractivity contribution in [2.75, 3.05) is 0 Å². The second-order valence-corrected chi connectivity index (χ2v) is 13.4. The molecule has 43 heavy (non-hydrogen) atoms. The summed E-state index contributed by atoms with van der Waals surface area (Å²) in [6, 6.07) is 46.2. The van der Waals surface area contributed by atoms with E-state index in [0.29, 0.717) is 0 Å². The summed E-state index contributed by atoms with van der Waals surface area (Å²) in [6.45, 7) is 0. The van der Waals surface area contributed by atoms with Gasteiger partial charge in [0.1, 0.15) is 0 Å². The van der Waals surface area contributed by atoms with Crippen LogP contribution < -0.4 is 0 Å². The van der Waals surface area contributed by atoms with Crippen LogP contribution in [0.1, 0.15) is 22.3 Å². The molecular formula is C42H28S. The van der Waals surface area contributed by atoms with Crippen molar-refractivity contribution in [1.29, 1.82) is 0 Å². The van der Waals surface area contributed by atoms with E-state index in [1.807, 2.05) is 11.3 Å². The van der Waals surface area contributed by atoms with Crippen LogP contribution in [0.15, 0.2) is 121 Å². The van der Waals surface area contributed by atoms with E-state index in [2.05, 4.69) is 121 Å². The lowest BCUT2D eigenvalue weighted by Gasteiger charge is -2.22. The Hall–Kier alpha value is -4.72. The molecule has 0 N–H and O–H groups in total. The van der Waals surface area contributed by atoms with Gasteiger partial charge in [0.15, 0.2) is 0 Å². The van der Waals surface area contributed by atoms with Crippen molar-refractivity contribution in [2.45, 2.75) is 25.7 Å². The summed E-state index contributed by atoms with van der Waals surface area (Å²) in [5.74, 6) is 0. The van der Waals surface area contributed by atoms with Crippen LogP contribution in [-0.4, -0.2) is 0 Å². The Kier molecular flexibility index (Phi) is 4.92. The lowest BCUT2D eigenvalue weighted by atomic mass is 9.82. The smallest absolute Gasteiger partial charge is 0.0361 e. The monoisotopic (exact) mass is 564 g/mol. The maximum atomic E-state index is 2.46. The number of fused-ring (bicyclic) bond motifs is 7. The van der Waals surface area contributed by atoms with E-state index in [9.17, 15) is 0 Å². The molecule has 0 saturated carbocycles. The molecule has 1 heterocycles. The molecule has 0 amide bonds. The topological polar surface area (TPSA) is 0 Å². The van der Waals surface area contributed by atoms with Crippen molar-refractivity contribution in [3.8, 4) is 33.4 Å². The minimum atomic E-state index is 1.20. The zero-order chi connectivity index (χ0) is 28.1. The summed E-state index contributed by atoms with van der Waals surface area (Å²) in [4.78, 5) is 0.